The molecule has 0 aliphatic carbocycles. The predicted molar refractivity (Wildman–Crippen MR) is 109 cm³/mol. The van der Waals surface area contributed by atoms with Crippen LogP contribution in [-0.4, -0.2) is 30.6 Å². The van der Waals surface area contributed by atoms with Crippen LogP contribution in [0.1, 0.15) is 22.8 Å². The van der Waals surface area contributed by atoms with Crippen LogP contribution in [0.4, 0.5) is 8.78 Å². The van der Waals surface area contributed by atoms with E-state index >= 15 is 0 Å². The van der Waals surface area contributed by atoms with Crippen LogP contribution in [0.15, 0.2) is 46.0 Å². The Bertz CT molecular complexity index is 1400. The fourth-order valence-electron chi connectivity index (χ4n) is 3.18. The number of hydrogen-bond donors (Lipinski definition) is 1. The van der Waals surface area contributed by atoms with E-state index in [1.807, 2.05) is 13.0 Å². The van der Waals surface area contributed by atoms with Gasteiger partial charge in [0.15, 0.2) is 11.6 Å². The van der Waals surface area contributed by atoms with Crippen molar-refractivity contribution in [1.82, 2.24) is 24.7 Å². The normalized spacial score (nSPS) is 11.0. The second kappa shape index (κ2) is 8.10. The highest BCUT2D eigenvalue weighted by Crippen LogP contribution is 2.29. The van der Waals surface area contributed by atoms with Gasteiger partial charge in [-0.05, 0) is 24.1 Å². The number of nitrogens with zero attached hydrogens (tertiary/aromatic N) is 5. The zero-order valence-corrected chi connectivity index (χ0v) is 17.0. The van der Waals surface area contributed by atoms with Crippen molar-refractivity contribution in [3.63, 3.8) is 0 Å². The molecule has 4 aromatic rings. The van der Waals surface area contributed by atoms with Crippen molar-refractivity contribution in [3.8, 4) is 34.1 Å². The first-order valence-electron chi connectivity index (χ1n) is 9.44. The highest BCUT2D eigenvalue weighted by molar-refractivity contribution is 5.94. The number of aromatic nitrogens is 5. The predicted octanol–water partition coefficient (Wildman–Crippen LogP) is 2.50. The zero-order valence-electron chi connectivity index (χ0n) is 17.0. The molecular formula is C21H16F2N6O3. The van der Waals surface area contributed by atoms with Crippen molar-refractivity contribution in [2.24, 2.45) is 12.8 Å². The van der Waals surface area contributed by atoms with E-state index in [-0.39, 0.29) is 17.3 Å². The number of aryl methyl sites for hydroxylation is 2. The number of carbonyl (C=O) groups is 1. The van der Waals surface area contributed by atoms with Gasteiger partial charge in [0.25, 0.3) is 5.91 Å². The molecule has 0 atom stereocenters. The maximum absolute atomic E-state index is 14.6. The Morgan fingerprint density at radius 3 is 2.44 bits per heavy atom. The van der Waals surface area contributed by atoms with Crippen LogP contribution in [0.25, 0.3) is 34.1 Å². The minimum Gasteiger partial charge on any atom is -0.388 e. The van der Waals surface area contributed by atoms with Gasteiger partial charge in [-0.25, -0.2) is 18.6 Å². The van der Waals surface area contributed by atoms with Gasteiger partial charge in [-0.15, -0.1) is 5.10 Å². The van der Waals surface area contributed by atoms with Gasteiger partial charge >= 0.3 is 5.76 Å². The monoisotopic (exact) mass is 438 g/mol. The molecular weight excluding hydrogens is 422 g/mol. The van der Waals surface area contributed by atoms with Gasteiger partial charge in [-0.3, -0.25) is 14.8 Å². The molecule has 162 valence electrons. The third-order valence-electron chi connectivity index (χ3n) is 4.82. The smallest absolute Gasteiger partial charge is 0.388 e. The van der Waals surface area contributed by atoms with E-state index in [0.717, 1.165) is 10.2 Å². The Labute approximate surface area is 179 Å². The van der Waals surface area contributed by atoms with E-state index in [2.05, 4.69) is 20.1 Å². The number of rotatable bonds is 5. The molecule has 4 rings (SSSR count). The number of amides is 1. The van der Waals surface area contributed by atoms with E-state index in [4.69, 9.17) is 10.2 Å². The molecule has 11 heteroatoms. The van der Waals surface area contributed by atoms with Crippen LogP contribution >= 0.6 is 0 Å². The summed E-state index contributed by atoms with van der Waals surface area (Å²) in [6.07, 6.45) is 4.04. The number of pyridine rings is 1. The maximum atomic E-state index is 14.6. The maximum Gasteiger partial charge on any atom is 0.437 e. The third kappa shape index (κ3) is 3.64. The highest BCUT2D eigenvalue weighted by atomic mass is 19.1. The lowest BCUT2D eigenvalue weighted by Crippen LogP contribution is -2.17. The van der Waals surface area contributed by atoms with Crippen molar-refractivity contribution < 1.29 is 18.0 Å². The summed E-state index contributed by atoms with van der Waals surface area (Å²) in [6.45, 7) is 1.96. The number of nitrogens with two attached hydrogens (primary N) is 1. The summed E-state index contributed by atoms with van der Waals surface area (Å²) < 4.78 is 34.5. The van der Waals surface area contributed by atoms with E-state index < -0.39 is 28.9 Å². The number of carbonyl (C=O) groups excluding carboxylic acids is 1. The summed E-state index contributed by atoms with van der Waals surface area (Å²) in [4.78, 5) is 35.1. The Morgan fingerprint density at radius 1 is 1.12 bits per heavy atom. The molecule has 9 nitrogen and oxygen atoms in total. The van der Waals surface area contributed by atoms with E-state index in [0.29, 0.717) is 29.4 Å². The first kappa shape index (κ1) is 21.0. The molecule has 0 aliphatic rings. The molecule has 0 fully saturated rings. The summed E-state index contributed by atoms with van der Waals surface area (Å²) >= 11 is 0. The van der Waals surface area contributed by atoms with Crippen LogP contribution in [-0.2, 0) is 13.5 Å². The summed E-state index contributed by atoms with van der Waals surface area (Å²) in [5.74, 6) is -4.05. The second-order valence-corrected chi connectivity index (χ2v) is 6.82. The minimum atomic E-state index is -1.25. The molecule has 3 heterocycles. The van der Waals surface area contributed by atoms with Crippen molar-refractivity contribution in [2.45, 2.75) is 13.3 Å². The van der Waals surface area contributed by atoms with Crippen molar-refractivity contribution in [2.75, 3.05) is 0 Å². The topological polar surface area (TPSA) is 130 Å². The number of hydrogen-bond acceptors (Lipinski definition) is 7. The first-order chi connectivity index (χ1) is 15.3. The third-order valence-corrected chi connectivity index (χ3v) is 4.82. The Morgan fingerprint density at radius 2 is 1.84 bits per heavy atom. The number of primary amides is 1. The van der Waals surface area contributed by atoms with Crippen LogP contribution < -0.4 is 11.5 Å². The lowest BCUT2D eigenvalue weighted by molar-refractivity contribution is 0.0992. The number of halogens is 2. The molecule has 2 N–H and O–H groups in total. The standard InChI is InChI=1S/C21H16F2N6O3/c1-3-10-4-5-11(20-28-29(2)21(31)32-20)6-12(10)14-8-26-15(9-25-14)18-17(23)16(19(24)30)13(22)7-27-18/h4-9H,3H2,1-2H3,(H2,24,30). The molecule has 0 spiro atoms. The van der Waals surface area contributed by atoms with Gasteiger partial charge in [0.1, 0.15) is 17.0 Å². The van der Waals surface area contributed by atoms with Crippen molar-refractivity contribution in [1.29, 1.82) is 0 Å². The fourth-order valence-corrected chi connectivity index (χ4v) is 3.18. The van der Waals surface area contributed by atoms with Gasteiger partial charge in [-0.1, -0.05) is 13.0 Å². The molecule has 0 aliphatic heterocycles. The highest BCUT2D eigenvalue weighted by Gasteiger charge is 2.21. The molecule has 1 aromatic carbocycles. The van der Waals surface area contributed by atoms with E-state index in [1.54, 1.807) is 12.1 Å². The van der Waals surface area contributed by atoms with Gasteiger partial charge in [0.2, 0.25) is 5.89 Å². The van der Waals surface area contributed by atoms with Gasteiger partial charge in [-0.2, -0.15) is 4.68 Å². The summed E-state index contributed by atoms with van der Waals surface area (Å²) in [6, 6.07) is 5.39. The SMILES string of the molecule is CCc1ccc(-c2nn(C)c(=O)o2)cc1-c1cnc(-c2ncc(F)c(C(N)=O)c2F)cn1. The molecule has 0 bridgehead atoms. The van der Waals surface area contributed by atoms with Gasteiger partial charge in [0, 0.05) is 18.2 Å². The van der Waals surface area contributed by atoms with Gasteiger partial charge < -0.3 is 10.2 Å². The molecule has 0 saturated heterocycles. The van der Waals surface area contributed by atoms with E-state index in [1.165, 1.54) is 19.4 Å². The molecule has 32 heavy (non-hydrogen) atoms. The lowest BCUT2D eigenvalue weighted by Gasteiger charge is -2.10. The minimum absolute atomic E-state index is 0.00123. The van der Waals surface area contributed by atoms with E-state index in [9.17, 15) is 18.4 Å². The molecule has 0 unspecified atom stereocenters. The zero-order chi connectivity index (χ0) is 23.0. The molecule has 3 aromatic heterocycles. The summed E-state index contributed by atoms with van der Waals surface area (Å²) in [5, 5.41) is 4.05. The first-order valence-corrected chi connectivity index (χ1v) is 9.44. The Hall–Kier alpha value is -4.28. The Kier molecular flexibility index (Phi) is 5.31. The molecule has 0 radical (unpaired) electrons. The Balaban J connectivity index is 1.76. The fraction of sp³-hybridized carbons (Fsp3) is 0.143. The van der Waals surface area contributed by atoms with Crippen LogP contribution in [0.2, 0.25) is 0 Å². The second-order valence-electron chi connectivity index (χ2n) is 6.82. The van der Waals surface area contributed by atoms with Crippen LogP contribution in [0.5, 0.6) is 0 Å². The average Bonchev–Trinajstić information content (AvgIpc) is 3.11. The summed E-state index contributed by atoms with van der Waals surface area (Å²) in [5.41, 5.74) is 6.49. The van der Waals surface area contributed by atoms with Gasteiger partial charge in [0.05, 0.1) is 24.3 Å². The molecule has 1 amide bonds. The van der Waals surface area contributed by atoms with Crippen molar-refractivity contribution >= 4 is 5.91 Å². The average molecular weight is 438 g/mol. The quantitative estimate of drug-likeness (QED) is 0.507. The van der Waals surface area contributed by atoms with Crippen LogP contribution in [0, 0.1) is 11.6 Å². The van der Waals surface area contributed by atoms with Crippen LogP contribution in [0.3, 0.4) is 0 Å². The van der Waals surface area contributed by atoms with Crippen molar-refractivity contribution in [3.05, 3.63) is 70.1 Å². The number of benzene rings is 1. The largest absolute Gasteiger partial charge is 0.437 e. The lowest BCUT2D eigenvalue weighted by atomic mass is 9.99. The summed E-state index contributed by atoms with van der Waals surface area (Å²) in [7, 11) is 1.48. The molecule has 0 saturated carbocycles.